The molecule has 1 fully saturated rings. The summed E-state index contributed by atoms with van der Waals surface area (Å²) >= 11 is 1.37. The minimum absolute atomic E-state index is 0.0795. The normalized spacial score (nSPS) is 13.7. The van der Waals surface area contributed by atoms with Crippen molar-refractivity contribution in [2.75, 3.05) is 31.5 Å². The van der Waals surface area contributed by atoms with Crippen LogP contribution in [0.2, 0.25) is 0 Å². The number of aromatic amines is 2. The Hall–Kier alpha value is -4.09. The van der Waals surface area contributed by atoms with E-state index in [1.165, 1.54) is 17.4 Å². The SMILES string of the molecule is O=C(Nc1cccc(-c2nc(C(=O)N3CCNCC3)cs2)c1)c1ccc2[nH]c(=O)c(=O)[nH]c2c1. The predicted octanol–water partition coefficient (Wildman–Crippen LogP) is 1.64. The van der Waals surface area contributed by atoms with E-state index in [0.717, 1.165) is 18.7 Å². The number of hydrogen-bond donors (Lipinski definition) is 4. The summed E-state index contributed by atoms with van der Waals surface area (Å²) in [5.41, 5.74) is 1.33. The second-order valence-electron chi connectivity index (χ2n) is 7.78. The molecular weight excluding hydrogens is 456 g/mol. The highest BCUT2D eigenvalue weighted by atomic mass is 32.1. The average molecular weight is 477 g/mol. The molecule has 1 aliphatic heterocycles. The van der Waals surface area contributed by atoms with E-state index in [0.29, 0.717) is 46.1 Å². The summed E-state index contributed by atoms with van der Waals surface area (Å²) in [6.07, 6.45) is 0. The number of fused-ring (bicyclic) bond motifs is 1. The predicted molar refractivity (Wildman–Crippen MR) is 129 cm³/mol. The minimum atomic E-state index is -0.781. The summed E-state index contributed by atoms with van der Waals surface area (Å²) in [7, 11) is 0. The zero-order chi connectivity index (χ0) is 23.7. The van der Waals surface area contributed by atoms with Gasteiger partial charge in [0.05, 0.1) is 11.0 Å². The van der Waals surface area contributed by atoms with Crippen LogP contribution in [-0.4, -0.2) is 57.8 Å². The van der Waals surface area contributed by atoms with Gasteiger partial charge in [0.2, 0.25) is 0 Å². The summed E-state index contributed by atoms with van der Waals surface area (Å²) in [5, 5.41) is 8.49. The first-order valence-corrected chi connectivity index (χ1v) is 11.5. The van der Waals surface area contributed by atoms with Gasteiger partial charge in [0.1, 0.15) is 10.7 Å². The Morgan fingerprint density at radius 1 is 0.971 bits per heavy atom. The number of carbonyl (C=O) groups excluding carboxylic acids is 2. The maximum Gasteiger partial charge on any atom is 0.314 e. The Bertz CT molecular complexity index is 1520. The molecule has 2 amide bonds. The van der Waals surface area contributed by atoms with Crippen LogP contribution in [-0.2, 0) is 0 Å². The number of H-pyrrole nitrogens is 2. The van der Waals surface area contributed by atoms with Crippen molar-refractivity contribution in [2.24, 2.45) is 0 Å². The lowest BCUT2D eigenvalue weighted by Gasteiger charge is -2.26. The molecule has 5 rings (SSSR count). The topological polar surface area (TPSA) is 140 Å². The fourth-order valence-corrected chi connectivity index (χ4v) is 4.51. The van der Waals surface area contributed by atoms with Crippen molar-refractivity contribution in [3.63, 3.8) is 0 Å². The zero-order valence-corrected chi connectivity index (χ0v) is 18.7. The van der Waals surface area contributed by atoms with Gasteiger partial charge in [-0.15, -0.1) is 11.3 Å². The number of rotatable bonds is 4. The number of anilines is 1. The number of nitrogens with zero attached hydrogens (tertiary/aromatic N) is 2. The maximum absolute atomic E-state index is 12.8. The van der Waals surface area contributed by atoms with Gasteiger partial charge in [-0.3, -0.25) is 19.2 Å². The van der Waals surface area contributed by atoms with Gasteiger partial charge in [-0.25, -0.2) is 4.98 Å². The van der Waals surface area contributed by atoms with Gasteiger partial charge >= 0.3 is 11.1 Å². The second-order valence-corrected chi connectivity index (χ2v) is 8.64. The van der Waals surface area contributed by atoms with Gasteiger partial charge in [0, 0.05) is 48.4 Å². The van der Waals surface area contributed by atoms with E-state index >= 15 is 0 Å². The highest BCUT2D eigenvalue weighted by Crippen LogP contribution is 2.27. The largest absolute Gasteiger partial charge is 0.335 e. The number of hydrogen-bond acceptors (Lipinski definition) is 7. The summed E-state index contributed by atoms with van der Waals surface area (Å²) in [6.45, 7) is 2.86. The number of thiazole rings is 1. The number of aromatic nitrogens is 3. The number of amides is 2. The second kappa shape index (κ2) is 9.04. The summed E-state index contributed by atoms with van der Waals surface area (Å²) in [5.74, 6) is -0.455. The van der Waals surface area contributed by atoms with Gasteiger partial charge in [-0.05, 0) is 30.3 Å². The molecule has 4 N–H and O–H groups in total. The third-order valence-electron chi connectivity index (χ3n) is 5.48. The summed E-state index contributed by atoms with van der Waals surface area (Å²) < 4.78 is 0. The molecule has 172 valence electrons. The molecule has 2 aromatic heterocycles. The Kier molecular flexibility index (Phi) is 5.78. The number of carbonyl (C=O) groups is 2. The average Bonchev–Trinajstić information content (AvgIpc) is 3.35. The molecule has 0 saturated carbocycles. The molecule has 0 atom stereocenters. The lowest BCUT2D eigenvalue weighted by molar-refractivity contribution is 0.0730. The summed E-state index contributed by atoms with van der Waals surface area (Å²) in [4.78, 5) is 59.7. The van der Waals surface area contributed by atoms with Crippen molar-refractivity contribution in [3.8, 4) is 10.6 Å². The maximum atomic E-state index is 12.8. The monoisotopic (exact) mass is 476 g/mol. The molecule has 34 heavy (non-hydrogen) atoms. The van der Waals surface area contributed by atoms with Gasteiger partial charge < -0.3 is 25.5 Å². The van der Waals surface area contributed by atoms with Crippen LogP contribution in [0.1, 0.15) is 20.8 Å². The Morgan fingerprint density at radius 2 is 1.74 bits per heavy atom. The third-order valence-corrected chi connectivity index (χ3v) is 6.37. The lowest BCUT2D eigenvalue weighted by atomic mass is 10.1. The van der Waals surface area contributed by atoms with E-state index in [1.807, 2.05) is 6.07 Å². The molecule has 11 heteroatoms. The molecule has 2 aromatic carbocycles. The molecule has 0 radical (unpaired) electrons. The number of nitrogens with one attached hydrogen (secondary N) is 4. The molecule has 1 saturated heterocycles. The van der Waals surface area contributed by atoms with Crippen molar-refractivity contribution in [3.05, 3.63) is 79.8 Å². The van der Waals surface area contributed by atoms with Crippen LogP contribution in [0.3, 0.4) is 0 Å². The lowest BCUT2D eigenvalue weighted by Crippen LogP contribution is -2.46. The van der Waals surface area contributed by atoms with E-state index < -0.39 is 11.1 Å². The van der Waals surface area contributed by atoms with Crippen LogP contribution >= 0.6 is 11.3 Å². The van der Waals surface area contributed by atoms with Crippen molar-refractivity contribution in [2.45, 2.75) is 0 Å². The van der Waals surface area contributed by atoms with Gasteiger partial charge in [0.15, 0.2) is 0 Å². The van der Waals surface area contributed by atoms with Crippen LogP contribution in [0.25, 0.3) is 21.6 Å². The van der Waals surface area contributed by atoms with Gasteiger partial charge in [-0.1, -0.05) is 12.1 Å². The smallest absolute Gasteiger partial charge is 0.314 e. The van der Waals surface area contributed by atoms with Crippen LogP contribution in [0.5, 0.6) is 0 Å². The van der Waals surface area contributed by atoms with Crippen molar-refractivity contribution >= 4 is 39.9 Å². The van der Waals surface area contributed by atoms with Crippen LogP contribution in [0, 0.1) is 0 Å². The highest BCUT2D eigenvalue weighted by Gasteiger charge is 2.21. The van der Waals surface area contributed by atoms with E-state index in [2.05, 4.69) is 25.6 Å². The molecule has 0 spiro atoms. The molecule has 3 heterocycles. The van der Waals surface area contributed by atoms with Gasteiger partial charge in [-0.2, -0.15) is 0 Å². The quantitative estimate of drug-likeness (QED) is 0.330. The highest BCUT2D eigenvalue weighted by molar-refractivity contribution is 7.13. The van der Waals surface area contributed by atoms with Crippen LogP contribution in [0.15, 0.2) is 57.4 Å². The van der Waals surface area contributed by atoms with Crippen molar-refractivity contribution in [1.29, 1.82) is 0 Å². The Morgan fingerprint density at radius 3 is 2.53 bits per heavy atom. The molecular formula is C23H20N6O4S. The number of piperazine rings is 1. The molecule has 0 bridgehead atoms. The Labute approximate surface area is 196 Å². The Balaban J connectivity index is 1.34. The molecule has 4 aromatic rings. The molecule has 0 aliphatic carbocycles. The fourth-order valence-electron chi connectivity index (χ4n) is 3.72. The molecule has 10 nitrogen and oxygen atoms in total. The summed E-state index contributed by atoms with van der Waals surface area (Å²) in [6, 6.07) is 11.8. The van der Waals surface area contributed by atoms with Gasteiger partial charge in [0.25, 0.3) is 11.8 Å². The first-order chi connectivity index (χ1) is 16.5. The van der Waals surface area contributed by atoms with E-state index in [1.54, 1.807) is 40.6 Å². The van der Waals surface area contributed by atoms with E-state index in [4.69, 9.17) is 0 Å². The van der Waals surface area contributed by atoms with Crippen LogP contribution in [0.4, 0.5) is 5.69 Å². The van der Waals surface area contributed by atoms with E-state index in [9.17, 15) is 19.2 Å². The zero-order valence-electron chi connectivity index (χ0n) is 17.9. The van der Waals surface area contributed by atoms with Crippen molar-refractivity contribution < 1.29 is 9.59 Å². The minimum Gasteiger partial charge on any atom is -0.335 e. The van der Waals surface area contributed by atoms with Crippen LogP contribution < -0.4 is 21.8 Å². The number of benzene rings is 2. The molecule has 1 aliphatic rings. The first-order valence-electron chi connectivity index (χ1n) is 10.6. The first kappa shape index (κ1) is 21.7. The van der Waals surface area contributed by atoms with E-state index in [-0.39, 0.29) is 11.8 Å². The third kappa shape index (κ3) is 4.38. The van der Waals surface area contributed by atoms with Crippen molar-refractivity contribution in [1.82, 2.24) is 25.2 Å². The standard InChI is InChI=1S/C23H20N6O4S/c30-19(13-4-5-16-17(11-13)27-21(32)20(31)26-16)25-15-3-1-2-14(10-15)22-28-18(12-34-22)23(33)29-8-6-24-7-9-29/h1-5,10-12,24H,6-9H2,(H,25,30)(H,26,31)(H,27,32). The fraction of sp³-hybridized carbons (Fsp3) is 0.174. The molecule has 0 unspecified atom stereocenters.